The number of alkyl halides is 1. The lowest BCUT2D eigenvalue weighted by atomic mass is 9.80. The zero-order valence-corrected chi connectivity index (χ0v) is 14.3. The summed E-state index contributed by atoms with van der Waals surface area (Å²) in [6.45, 7) is 1.71. The van der Waals surface area contributed by atoms with E-state index in [9.17, 15) is 14.3 Å². The first-order valence-corrected chi connectivity index (χ1v) is 8.25. The van der Waals surface area contributed by atoms with Crippen LogP contribution in [-0.4, -0.2) is 16.0 Å². The molecular weight excluding hydrogens is 350 g/mol. The van der Waals surface area contributed by atoms with Gasteiger partial charge in [0.05, 0.1) is 11.8 Å². The Kier molecular flexibility index (Phi) is 4.75. The third kappa shape index (κ3) is 3.37. The van der Waals surface area contributed by atoms with Gasteiger partial charge < -0.3 is 10.4 Å². The van der Waals surface area contributed by atoms with Crippen molar-refractivity contribution in [1.82, 2.24) is 10.3 Å². The first-order chi connectivity index (χ1) is 11.8. The van der Waals surface area contributed by atoms with Crippen molar-refractivity contribution >= 4 is 17.5 Å². The van der Waals surface area contributed by atoms with Crippen LogP contribution in [0.5, 0.6) is 0 Å². The number of pyridine rings is 1. The number of halogens is 3. The van der Waals surface area contributed by atoms with Gasteiger partial charge in [0.2, 0.25) is 5.67 Å². The quantitative estimate of drug-likeness (QED) is 0.874. The third-order valence-electron chi connectivity index (χ3n) is 4.37. The topological polar surface area (TPSA) is 62.2 Å². The summed E-state index contributed by atoms with van der Waals surface area (Å²) in [7, 11) is 0. The number of carbonyl (C=O) groups excluding carboxylic acids is 1. The molecule has 0 fully saturated rings. The molecule has 3 rings (SSSR count). The van der Waals surface area contributed by atoms with Gasteiger partial charge >= 0.3 is 0 Å². The SMILES string of the molecule is Cc1cnc2c(c1)C(F)(C(=O)NCc1ccc(F)cc1Cl)CCC2O. The van der Waals surface area contributed by atoms with Gasteiger partial charge in [-0.15, -0.1) is 0 Å². The van der Waals surface area contributed by atoms with Gasteiger partial charge in [0.15, 0.2) is 0 Å². The second-order valence-electron chi connectivity index (χ2n) is 6.22. The fraction of sp³-hybridized carbons (Fsp3) is 0.333. The molecule has 1 aliphatic rings. The van der Waals surface area contributed by atoms with Gasteiger partial charge in [-0.25, -0.2) is 8.78 Å². The Labute approximate surface area is 148 Å². The van der Waals surface area contributed by atoms with Gasteiger partial charge in [0.25, 0.3) is 5.91 Å². The van der Waals surface area contributed by atoms with Crippen LogP contribution in [0.15, 0.2) is 30.5 Å². The maximum atomic E-state index is 15.5. The Morgan fingerprint density at radius 3 is 2.96 bits per heavy atom. The largest absolute Gasteiger partial charge is 0.387 e. The smallest absolute Gasteiger partial charge is 0.262 e. The molecule has 2 aromatic rings. The van der Waals surface area contributed by atoms with Crippen LogP contribution >= 0.6 is 11.6 Å². The van der Waals surface area contributed by atoms with Crippen LogP contribution in [0.1, 0.15) is 41.3 Å². The summed E-state index contributed by atoms with van der Waals surface area (Å²) in [5.74, 6) is -1.31. The number of hydrogen-bond donors (Lipinski definition) is 2. The first kappa shape index (κ1) is 17.8. The summed E-state index contributed by atoms with van der Waals surface area (Å²) in [5.41, 5.74) is -0.814. The molecule has 0 spiro atoms. The van der Waals surface area contributed by atoms with Crippen LogP contribution < -0.4 is 5.32 Å². The molecule has 25 heavy (non-hydrogen) atoms. The molecule has 1 aromatic heterocycles. The molecule has 0 radical (unpaired) electrons. The maximum absolute atomic E-state index is 15.5. The van der Waals surface area contributed by atoms with Gasteiger partial charge in [-0.05, 0) is 49.1 Å². The highest BCUT2D eigenvalue weighted by atomic mass is 35.5. The van der Waals surface area contributed by atoms with Crippen LogP contribution in [0, 0.1) is 12.7 Å². The number of aliphatic hydroxyl groups excluding tert-OH is 1. The van der Waals surface area contributed by atoms with Crippen molar-refractivity contribution in [2.45, 2.75) is 38.1 Å². The van der Waals surface area contributed by atoms with Gasteiger partial charge in [-0.2, -0.15) is 0 Å². The summed E-state index contributed by atoms with van der Waals surface area (Å²) in [5, 5.41) is 12.7. The molecule has 0 saturated carbocycles. The number of hydrogen-bond acceptors (Lipinski definition) is 3. The number of nitrogens with one attached hydrogen (secondary N) is 1. The predicted molar refractivity (Wildman–Crippen MR) is 89.2 cm³/mol. The number of rotatable bonds is 3. The molecule has 1 aliphatic carbocycles. The predicted octanol–water partition coefficient (Wildman–Crippen LogP) is 3.49. The fourth-order valence-corrected chi connectivity index (χ4v) is 3.22. The average Bonchev–Trinajstić information content (AvgIpc) is 2.57. The van der Waals surface area contributed by atoms with Crippen molar-refractivity contribution in [3.63, 3.8) is 0 Å². The van der Waals surface area contributed by atoms with Crippen molar-refractivity contribution in [2.75, 3.05) is 0 Å². The summed E-state index contributed by atoms with van der Waals surface area (Å²) >= 11 is 5.93. The summed E-state index contributed by atoms with van der Waals surface area (Å²) in [4.78, 5) is 16.6. The van der Waals surface area contributed by atoms with Crippen molar-refractivity contribution in [2.24, 2.45) is 0 Å². The number of carbonyl (C=O) groups is 1. The minimum absolute atomic E-state index is 0.0270. The molecule has 2 atom stereocenters. The van der Waals surface area contributed by atoms with Gasteiger partial charge in [-0.3, -0.25) is 9.78 Å². The number of aromatic nitrogens is 1. The standard InChI is InChI=1S/C18H17ClF2N2O2/c1-10-6-13-16(22-8-10)15(24)4-5-18(13,21)17(25)23-9-11-2-3-12(20)7-14(11)19/h2-3,6-8,15,24H,4-5,9H2,1H3,(H,23,25). The normalized spacial score (nSPS) is 22.4. The molecule has 0 saturated heterocycles. The lowest BCUT2D eigenvalue weighted by Gasteiger charge is -2.32. The molecule has 1 amide bonds. The van der Waals surface area contributed by atoms with Crippen LogP contribution in [0.4, 0.5) is 8.78 Å². The molecule has 1 heterocycles. The zero-order valence-electron chi connectivity index (χ0n) is 13.5. The molecule has 0 aliphatic heterocycles. The Hall–Kier alpha value is -2.05. The molecule has 4 nitrogen and oxygen atoms in total. The number of fused-ring (bicyclic) bond motifs is 1. The van der Waals surface area contributed by atoms with E-state index in [4.69, 9.17) is 11.6 Å². The van der Waals surface area contributed by atoms with Crippen LogP contribution in [0.2, 0.25) is 5.02 Å². The minimum atomic E-state index is -2.28. The zero-order chi connectivity index (χ0) is 18.2. The van der Waals surface area contributed by atoms with Gasteiger partial charge in [0.1, 0.15) is 5.82 Å². The molecule has 2 N–H and O–H groups in total. The minimum Gasteiger partial charge on any atom is -0.387 e. The van der Waals surface area contributed by atoms with E-state index in [2.05, 4.69) is 10.3 Å². The summed E-state index contributed by atoms with van der Waals surface area (Å²) in [6.07, 6.45) is 0.600. The second-order valence-corrected chi connectivity index (χ2v) is 6.63. The van der Waals surface area contributed by atoms with Crippen LogP contribution in [-0.2, 0) is 17.0 Å². The van der Waals surface area contributed by atoms with Crippen molar-refractivity contribution < 1.29 is 18.7 Å². The number of nitrogens with zero attached hydrogens (tertiary/aromatic N) is 1. The highest BCUT2D eigenvalue weighted by Crippen LogP contribution is 2.42. The highest BCUT2D eigenvalue weighted by Gasteiger charge is 2.46. The third-order valence-corrected chi connectivity index (χ3v) is 4.73. The summed E-state index contributed by atoms with van der Waals surface area (Å²) in [6, 6.07) is 5.33. The van der Waals surface area contributed by atoms with E-state index in [-0.39, 0.29) is 35.7 Å². The molecule has 0 bridgehead atoms. The molecular formula is C18H17ClF2N2O2. The van der Waals surface area contributed by atoms with Crippen molar-refractivity contribution in [1.29, 1.82) is 0 Å². The van der Waals surface area contributed by atoms with Crippen LogP contribution in [0.3, 0.4) is 0 Å². The van der Waals surface area contributed by atoms with E-state index in [1.54, 1.807) is 6.92 Å². The second kappa shape index (κ2) is 6.69. The van der Waals surface area contributed by atoms with Crippen molar-refractivity contribution in [3.05, 3.63) is 63.7 Å². The molecule has 1 aromatic carbocycles. The lowest BCUT2D eigenvalue weighted by Crippen LogP contribution is -2.44. The fourth-order valence-electron chi connectivity index (χ4n) is 2.99. The Balaban J connectivity index is 1.84. The molecule has 7 heteroatoms. The van der Waals surface area contributed by atoms with E-state index in [1.165, 1.54) is 24.4 Å². The Bertz CT molecular complexity index is 831. The number of aryl methyl sites for hydroxylation is 1. The monoisotopic (exact) mass is 366 g/mol. The Morgan fingerprint density at radius 2 is 2.24 bits per heavy atom. The number of amides is 1. The van der Waals surface area contributed by atoms with E-state index in [1.807, 2.05) is 0 Å². The number of aliphatic hydroxyl groups is 1. The van der Waals surface area contributed by atoms with Crippen molar-refractivity contribution in [3.8, 4) is 0 Å². The van der Waals surface area contributed by atoms with Crippen LogP contribution in [0.25, 0.3) is 0 Å². The Morgan fingerprint density at radius 1 is 1.48 bits per heavy atom. The highest BCUT2D eigenvalue weighted by molar-refractivity contribution is 6.31. The van der Waals surface area contributed by atoms with Gasteiger partial charge in [0, 0.05) is 23.3 Å². The van der Waals surface area contributed by atoms with E-state index < -0.39 is 23.5 Å². The maximum Gasteiger partial charge on any atom is 0.262 e. The molecule has 132 valence electrons. The van der Waals surface area contributed by atoms with E-state index in [0.717, 1.165) is 6.07 Å². The van der Waals surface area contributed by atoms with E-state index >= 15 is 4.39 Å². The van der Waals surface area contributed by atoms with E-state index in [0.29, 0.717) is 11.1 Å². The molecule has 2 unspecified atom stereocenters. The number of benzene rings is 1. The summed E-state index contributed by atoms with van der Waals surface area (Å²) < 4.78 is 28.6. The average molecular weight is 367 g/mol. The van der Waals surface area contributed by atoms with Gasteiger partial charge in [-0.1, -0.05) is 17.7 Å². The lowest BCUT2D eigenvalue weighted by molar-refractivity contribution is -0.135. The first-order valence-electron chi connectivity index (χ1n) is 7.87.